The largest absolute Gasteiger partial charge is 0.359 e. The van der Waals surface area contributed by atoms with Crippen molar-refractivity contribution >= 4 is 79.6 Å². The standard InChI is InChI=1S/C25H28N2.C21H20N2.C17H18N2.C16H18N2.C12H16N2/c1-18-11-9-10-14-22(18)27-19(2)26(21-12-7-6-8-13-21)23-16-15-20(17-24(23)27)25(3,4)5;1-16-10-6-7-13-19(16)23-17(2)22(18-11-4-3-5-12-18)20-14-8-9-15-21(20)23;1-14-8-6-7-11-17(14)19-13-12-18(15(19)2)16-9-4-3-5-10-16;1-12-8-4-5-9-14(12)18-13(2)17(3)15-10-6-7-11-16(15)18;1-10-6-4-5-7-12(10)14-9-8-13(3)11(14)2/h6-17,19H,1-5H3;3-15,17H,1-2H3;3-13,15H,1-2H3;4-11,13H,1-3H3;4-9,11H,1-3H3/t19-;17-;15-;13-;11-/m00000/s1. The zero-order chi connectivity index (χ0) is 71.1. The molecule has 11 aromatic rings. The van der Waals surface area contributed by atoms with Gasteiger partial charge in [-0.2, -0.15) is 0 Å². The minimum Gasteiger partial charge on any atom is -0.359 e. The van der Waals surface area contributed by atoms with Gasteiger partial charge in [-0.1, -0.05) is 197 Å². The van der Waals surface area contributed by atoms with Crippen molar-refractivity contribution in [1.82, 2.24) is 4.90 Å². The fraction of sp³-hybridized carbons (Fsp3) is 0.231. The van der Waals surface area contributed by atoms with Crippen molar-refractivity contribution < 1.29 is 0 Å². The summed E-state index contributed by atoms with van der Waals surface area (Å²) in [6, 6.07) is 98.8. The highest BCUT2D eigenvalue weighted by Crippen LogP contribution is 2.51. The van der Waals surface area contributed by atoms with Crippen molar-refractivity contribution in [1.29, 1.82) is 0 Å². The Balaban J connectivity index is 0.000000121. The van der Waals surface area contributed by atoms with Crippen LogP contribution in [0.5, 0.6) is 0 Å². The van der Waals surface area contributed by atoms with E-state index in [1.54, 1.807) is 0 Å². The van der Waals surface area contributed by atoms with Crippen molar-refractivity contribution in [2.75, 3.05) is 58.2 Å². The number of hydrogen-bond donors (Lipinski definition) is 0. The normalized spacial score (nSPS) is 17.7. The van der Waals surface area contributed by atoms with Gasteiger partial charge >= 0.3 is 0 Å². The van der Waals surface area contributed by atoms with E-state index in [2.05, 4.69) is 451 Å². The Hall–Kier alpha value is -11.1. The first-order valence-electron chi connectivity index (χ1n) is 35.7. The third-order valence-electron chi connectivity index (χ3n) is 20.4. The van der Waals surface area contributed by atoms with Gasteiger partial charge in [0, 0.05) is 84.4 Å². The summed E-state index contributed by atoms with van der Waals surface area (Å²) in [4.78, 5) is 23.6. The molecule has 0 fully saturated rings. The molecule has 0 unspecified atom stereocenters. The number of hydrogen-bond acceptors (Lipinski definition) is 10. The number of benzene rings is 11. The second-order valence-electron chi connectivity index (χ2n) is 28.0. The Morgan fingerprint density at radius 2 is 0.535 bits per heavy atom. The molecule has 0 bridgehead atoms. The lowest BCUT2D eigenvalue weighted by molar-refractivity contribution is 0.383. The molecule has 10 heteroatoms. The number of nitrogens with zero attached hydrogens (tertiary/aromatic N) is 10. The van der Waals surface area contributed by atoms with Crippen LogP contribution in [0.1, 0.15) is 88.8 Å². The molecule has 5 heterocycles. The molecular weight excluding hydrogens is 1230 g/mol. The molecule has 0 amide bonds. The van der Waals surface area contributed by atoms with Crippen LogP contribution in [0.25, 0.3) is 0 Å². The molecule has 5 aliphatic heterocycles. The van der Waals surface area contributed by atoms with E-state index < -0.39 is 0 Å². The first-order valence-corrected chi connectivity index (χ1v) is 35.7. The molecule has 0 N–H and O–H groups in total. The first-order chi connectivity index (χ1) is 48.8. The smallest absolute Gasteiger partial charge is 0.108 e. The molecular formula is C91H100N10. The summed E-state index contributed by atoms with van der Waals surface area (Å²) < 4.78 is 0. The maximum atomic E-state index is 2.48. The van der Waals surface area contributed by atoms with Crippen molar-refractivity contribution in [2.24, 2.45) is 0 Å². The minimum atomic E-state index is 0.121. The molecule has 11 aromatic carbocycles. The van der Waals surface area contributed by atoms with Crippen molar-refractivity contribution in [3.63, 3.8) is 0 Å². The SMILES string of the molecule is Cc1ccccc1N1C=CN(C)[C@@H]1C.Cc1ccccc1N1C=CN(c2ccccc2)[C@@H]1C.Cc1ccccc1N1c2cc(C(C)(C)C)ccc2N(c2ccccc2)[C@@H]1C.Cc1ccccc1N1c2ccccc2N(C)[C@@H]1C.Cc1ccccc1N1c2ccccc2N(c2ccccc2)[C@@H]1C. The Bertz CT molecular complexity index is 4640. The van der Waals surface area contributed by atoms with E-state index in [4.69, 9.17) is 0 Å². The zero-order valence-electron chi connectivity index (χ0n) is 61.7. The van der Waals surface area contributed by atoms with Crippen LogP contribution in [-0.4, -0.2) is 49.8 Å². The van der Waals surface area contributed by atoms with Gasteiger partial charge in [0.05, 0.1) is 34.1 Å². The van der Waals surface area contributed by atoms with Gasteiger partial charge in [0.1, 0.15) is 30.8 Å². The topological polar surface area (TPSA) is 32.4 Å². The summed E-state index contributed by atoms with van der Waals surface area (Å²) in [5, 5.41) is 0. The van der Waals surface area contributed by atoms with Crippen LogP contribution in [-0.2, 0) is 5.41 Å². The molecule has 0 saturated heterocycles. The highest BCUT2D eigenvalue weighted by molar-refractivity contribution is 5.91. The van der Waals surface area contributed by atoms with Crippen LogP contribution >= 0.6 is 0 Å². The van der Waals surface area contributed by atoms with Gasteiger partial charge in [-0.3, -0.25) is 0 Å². The van der Waals surface area contributed by atoms with Crippen LogP contribution in [0, 0.1) is 34.6 Å². The van der Waals surface area contributed by atoms with Crippen molar-refractivity contribution in [2.45, 2.75) is 126 Å². The number of rotatable bonds is 8. The highest BCUT2D eigenvalue weighted by Gasteiger charge is 2.38. The number of para-hydroxylation sites is 12. The molecule has 0 aromatic heterocycles. The molecule has 0 spiro atoms. The molecule has 514 valence electrons. The maximum Gasteiger partial charge on any atom is 0.108 e. The Kier molecular flexibility index (Phi) is 21.1. The van der Waals surface area contributed by atoms with Crippen molar-refractivity contribution in [3.8, 4) is 0 Å². The lowest BCUT2D eigenvalue weighted by Crippen LogP contribution is -2.36. The predicted octanol–water partition coefficient (Wildman–Crippen LogP) is 23.2. The Labute approximate surface area is 602 Å². The van der Waals surface area contributed by atoms with Gasteiger partial charge in [0.2, 0.25) is 0 Å². The molecule has 5 aliphatic rings. The van der Waals surface area contributed by atoms with Crippen LogP contribution in [0.4, 0.5) is 79.6 Å². The summed E-state index contributed by atoms with van der Waals surface area (Å²) in [5.41, 5.74) is 25.8. The lowest BCUT2D eigenvalue weighted by atomic mass is 9.86. The molecule has 16 rings (SSSR count). The second-order valence-corrected chi connectivity index (χ2v) is 28.0. The zero-order valence-corrected chi connectivity index (χ0v) is 61.7. The first kappa shape index (κ1) is 69.8. The van der Waals surface area contributed by atoms with Gasteiger partial charge in [-0.05, 0) is 211 Å². The third kappa shape index (κ3) is 14.5. The molecule has 0 saturated carbocycles. The fourth-order valence-electron chi connectivity index (χ4n) is 14.5. The number of aryl methyl sites for hydroxylation is 5. The predicted molar refractivity (Wildman–Crippen MR) is 433 cm³/mol. The van der Waals surface area contributed by atoms with E-state index in [-0.39, 0.29) is 17.7 Å². The average Bonchev–Trinajstić information content (AvgIpc) is 1.60. The second kappa shape index (κ2) is 30.6. The van der Waals surface area contributed by atoms with Gasteiger partial charge in [0.25, 0.3) is 0 Å². The summed E-state index contributed by atoms with van der Waals surface area (Å²) in [6.07, 6.45) is 10.0. The van der Waals surface area contributed by atoms with E-state index in [1.165, 1.54) is 113 Å². The fourth-order valence-corrected chi connectivity index (χ4v) is 14.5. The summed E-state index contributed by atoms with van der Waals surface area (Å²) in [7, 11) is 4.25. The van der Waals surface area contributed by atoms with Crippen LogP contribution in [0.2, 0.25) is 0 Å². The van der Waals surface area contributed by atoms with E-state index in [9.17, 15) is 0 Å². The van der Waals surface area contributed by atoms with E-state index in [0.29, 0.717) is 18.5 Å². The lowest BCUT2D eigenvalue weighted by Gasteiger charge is -2.31. The van der Waals surface area contributed by atoms with Crippen molar-refractivity contribution in [3.05, 3.63) is 337 Å². The maximum absolute atomic E-state index is 2.48. The highest BCUT2D eigenvalue weighted by atomic mass is 15.4. The Morgan fingerprint density at radius 1 is 0.238 bits per heavy atom. The molecule has 0 radical (unpaired) electrons. The van der Waals surface area contributed by atoms with E-state index >= 15 is 0 Å². The number of fused-ring (bicyclic) bond motifs is 3. The van der Waals surface area contributed by atoms with Gasteiger partial charge in [-0.25, -0.2) is 0 Å². The quantitative estimate of drug-likeness (QED) is 0.147. The number of anilines is 14. The monoisotopic (exact) mass is 1330 g/mol. The summed E-state index contributed by atoms with van der Waals surface area (Å²) in [5.74, 6) is 0. The molecule has 10 nitrogen and oxygen atoms in total. The molecule has 101 heavy (non-hydrogen) atoms. The minimum absolute atomic E-state index is 0.121. The van der Waals surface area contributed by atoms with Gasteiger partial charge in [-0.15, -0.1) is 0 Å². The Morgan fingerprint density at radius 3 is 0.931 bits per heavy atom. The van der Waals surface area contributed by atoms with Crippen LogP contribution < -0.4 is 44.1 Å². The molecule has 5 atom stereocenters. The van der Waals surface area contributed by atoms with Crippen LogP contribution in [0.15, 0.2) is 304 Å². The third-order valence-corrected chi connectivity index (χ3v) is 20.4. The molecule has 0 aliphatic carbocycles. The summed E-state index contributed by atoms with van der Waals surface area (Å²) in [6.45, 7) is 28.9. The van der Waals surface area contributed by atoms with E-state index in [0.717, 1.165) is 0 Å². The van der Waals surface area contributed by atoms with Crippen LogP contribution in [0.3, 0.4) is 0 Å². The van der Waals surface area contributed by atoms with Gasteiger partial charge in [0.15, 0.2) is 0 Å². The average molecular weight is 1330 g/mol. The van der Waals surface area contributed by atoms with E-state index in [1.807, 2.05) is 6.07 Å². The summed E-state index contributed by atoms with van der Waals surface area (Å²) >= 11 is 0. The van der Waals surface area contributed by atoms with Gasteiger partial charge < -0.3 is 49.0 Å².